The predicted octanol–water partition coefficient (Wildman–Crippen LogP) is 5.44. The second kappa shape index (κ2) is 13.5. The van der Waals surface area contributed by atoms with Gasteiger partial charge in [0, 0.05) is 33.7 Å². The van der Waals surface area contributed by atoms with Gasteiger partial charge in [-0.1, -0.05) is 67.2 Å². The van der Waals surface area contributed by atoms with Crippen molar-refractivity contribution in [2.24, 2.45) is 0 Å². The summed E-state index contributed by atoms with van der Waals surface area (Å²) in [6.07, 6.45) is 3.02. The molecule has 0 saturated carbocycles. The van der Waals surface area contributed by atoms with Gasteiger partial charge in [-0.15, -0.1) is 0 Å². The van der Waals surface area contributed by atoms with E-state index in [1.165, 1.54) is 4.90 Å². The van der Waals surface area contributed by atoms with Crippen LogP contribution >= 0.6 is 34.8 Å². The zero-order chi connectivity index (χ0) is 27.0. The van der Waals surface area contributed by atoms with E-state index in [-0.39, 0.29) is 18.1 Å². The minimum Gasteiger partial charge on any atom is -0.354 e. The van der Waals surface area contributed by atoms with Gasteiger partial charge in [-0.3, -0.25) is 13.9 Å². The number of hydrogen-bond donors (Lipinski definition) is 1. The van der Waals surface area contributed by atoms with Crippen LogP contribution < -0.4 is 9.62 Å². The molecule has 0 spiro atoms. The van der Waals surface area contributed by atoms with Gasteiger partial charge < -0.3 is 10.2 Å². The Balaban J connectivity index is 2.51. The van der Waals surface area contributed by atoms with Crippen molar-refractivity contribution in [3.63, 3.8) is 0 Å². The van der Waals surface area contributed by atoms with Crippen LogP contribution in [0.5, 0.6) is 0 Å². The molecule has 0 radical (unpaired) electrons. The number of sulfonamides is 1. The smallest absolute Gasteiger partial charge is 0.244 e. The van der Waals surface area contributed by atoms with Crippen molar-refractivity contribution in [1.82, 2.24) is 10.2 Å². The Morgan fingerprint density at radius 1 is 1.00 bits per heavy atom. The standard InChI is InChI=1S/C25H32Cl3N3O4S/c1-5-7-14-29-25(33)22(6-2)30(15-18-20(27)11-8-12-21(18)28)24(32)16-31(36(4,34)35)23-13-9-10-19(26)17(23)3/h8-13,22H,5-7,14-16H2,1-4H3,(H,29,33)/t22-/m0/s1. The van der Waals surface area contributed by atoms with E-state index in [0.717, 1.165) is 23.4 Å². The van der Waals surface area contributed by atoms with Crippen LogP contribution in [0, 0.1) is 6.92 Å². The second-order valence-corrected chi connectivity index (χ2v) is 11.6. The lowest BCUT2D eigenvalue weighted by molar-refractivity contribution is -0.140. The Bertz CT molecular complexity index is 1170. The van der Waals surface area contributed by atoms with Gasteiger partial charge in [0.15, 0.2) is 0 Å². The summed E-state index contributed by atoms with van der Waals surface area (Å²) in [6, 6.07) is 8.95. The van der Waals surface area contributed by atoms with Gasteiger partial charge in [-0.25, -0.2) is 8.42 Å². The van der Waals surface area contributed by atoms with Gasteiger partial charge in [0.25, 0.3) is 0 Å². The first-order valence-electron chi connectivity index (χ1n) is 11.6. The molecule has 0 bridgehead atoms. The normalized spacial score (nSPS) is 12.2. The Kier molecular flexibility index (Phi) is 11.3. The maximum atomic E-state index is 13.8. The fourth-order valence-electron chi connectivity index (χ4n) is 3.74. The van der Waals surface area contributed by atoms with Crippen LogP contribution in [-0.2, 0) is 26.2 Å². The number of hydrogen-bond acceptors (Lipinski definition) is 4. The highest BCUT2D eigenvalue weighted by Gasteiger charge is 2.33. The first-order valence-corrected chi connectivity index (χ1v) is 14.6. The maximum Gasteiger partial charge on any atom is 0.244 e. The largest absolute Gasteiger partial charge is 0.354 e. The molecule has 0 aliphatic carbocycles. The van der Waals surface area contributed by atoms with Crippen molar-refractivity contribution in [2.45, 2.75) is 52.6 Å². The molecule has 1 atom stereocenters. The van der Waals surface area contributed by atoms with Crippen molar-refractivity contribution in [3.05, 3.63) is 62.6 Å². The highest BCUT2D eigenvalue weighted by atomic mass is 35.5. The monoisotopic (exact) mass is 575 g/mol. The number of carbonyl (C=O) groups excluding carboxylic acids is 2. The molecule has 0 fully saturated rings. The number of nitrogens with zero attached hydrogens (tertiary/aromatic N) is 2. The number of unbranched alkanes of at least 4 members (excludes halogenated alkanes) is 1. The van der Waals surface area contributed by atoms with E-state index >= 15 is 0 Å². The predicted molar refractivity (Wildman–Crippen MR) is 147 cm³/mol. The number of carbonyl (C=O) groups is 2. The summed E-state index contributed by atoms with van der Waals surface area (Å²) in [6.45, 7) is 5.35. The van der Waals surface area contributed by atoms with E-state index in [1.54, 1.807) is 50.2 Å². The lowest BCUT2D eigenvalue weighted by Gasteiger charge is -2.33. The lowest BCUT2D eigenvalue weighted by atomic mass is 10.1. The van der Waals surface area contributed by atoms with Crippen LogP contribution in [0.1, 0.15) is 44.2 Å². The van der Waals surface area contributed by atoms with Gasteiger partial charge in [0.05, 0.1) is 11.9 Å². The first kappa shape index (κ1) is 30.2. The molecule has 7 nitrogen and oxygen atoms in total. The summed E-state index contributed by atoms with van der Waals surface area (Å²) in [5.41, 5.74) is 1.27. The van der Waals surface area contributed by atoms with E-state index in [9.17, 15) is 18.0 Å². The molecule has 2 aromatic rings. The molecular formula is C25H32Cl3N3O4S. The molecule has 0 unspecified atom stereocenters. The van der Waals surface area contributed by atoms with Crippen molar-refractivity contribution < 1.29 is 18.0 Å². The van der Waals surface area contributed by atoms with Crippen LogP contribution in [0.3, 0.4) is 0 Å². The average Bonchev–Trinajstić information content (AvgIpc) is 2.80. The third-order valence-corrected chi connectivity index (χ3v) is 8.04. The molecule has 11 heteroatoms. The Morgan fingerprint density at radius 2 is 1.58 bits per heavy atom. The second-order valence-electron chi connectivity index (χ2n) is 8.44. The zero-order valence-electron chi connectivity index (χ0n) is 20.9. The lowest BCUT2D eigenvalue weighted by Crippen LogP contribution is -2.52. The van der Waals surface area contributed by atoms with Crippen molar-refractivity contribution in [2.75, 3.05) is 23.7 Å². The Labute approximate surface area is 228 Å². The number of nitrogens with one attached hydrogen (secondary N) is 1. The highest BCUT2D eigenvalue weighted by Crippen LogP contribution is 2.30. The van der Waals surface area contributed by atoms with E-state index in [2.05, 4.69) is 5.32 Å². The quantitative estimate of drug-likeness (QED) is 0.341. The van der Waals surface area contributed by atoms with Crippen molar-refractivity contribution >= 4 is 62.3 Å². The van der Waals surface area contributed by atoms with Gasteiger partial charge in [-0.05, 0) is 49.6 Å². The van der Waals surface area contributed by atoms with E-state index in [4.69, 9.17) is 34.8 Å². The summed E-state index contributed by atoms with van der Waals surface area (Å²) < 4.78 is 26.5. The molecule has 1 N–H and O–H groups in total. The molecule has 0 aliphatic heterocycles. The van der Waals surface area contributed by atoms with Gasteiger partial charge in [0.1, 0.15) is 12.6 Å². The average molecular weight is 577 g/mol. The number of rotatable bonds is 12. The van der Waals surface area contributed by atoms with Crippen LogP contribution in [-0.4, -0.2) is 50.5 Å². The molecule has 0 aromatic heterocycles. The number of halogens is 3. The third-order valence-electron chi connectivity index (χ3n) is 5.79. The first-order chi connectivity index (χ1) is 16.9. The zero-order valence-corrected chi connectivity index (χ0v) is 23.9. The summed E-state index contributed by atoms with van der Waals surface area (Å²) in [5.74, 6) is -0.902. The molecule has 36 heavy (non-hydrogen) atoms. The fourth-order valence-corrected chi connectivity index (χ4v) is 5.33. The van der Waals surface area contributed by atoms with Gasteiger partial charge in [0.2, 0.25) is 21.8 Å². The molecule has 0 heterocycles. The summed E-state index contributed by atoms with van der Waals surface area (Å²) in [4.78, 5) is 28.2. The topological polar surface area (TPSA) is 86.8 Å². The molecule has 2 amide bonds. The van der Waals surface area contributed by atoms with Gasteiger partial charge >= 0.3 is 0 Å². The minimum atomic E-state index is -3.87. The van der Waals surface area contributed by atoms with Crippen LogP contribution in [0.25, 0.3) is 0 Å². The van der Waals surface area contributed by atoms with E-state index < -0.39 is 28.5 Å². The molecule has 198 valence electrons. The molecule has 0 aliphatic rings. The van der Waals surface area contributed by atoms with Crippen LogP contribution in [0.15, 0.2) is 36.4 Å². The summed E-state index contributed by atoms with van der Waals surface area (Å²) in [7, 11) is -3.87. The maximum absolute atomic E-state index is 13.8. The van der Waals surface area contributed by atoms with E-state index in [0.29, 0.717) is 39.2 Å². The SMILES string of the molecule is CCCCNC(=O)[C@H](CC)N(Cc1c(Cl)cccc1Cl)C(=O)CN(c1cccc(Cl)c1C)S(C)(=O)=O. The van der Waals surface area contributed by atoms with Crippen molar-refractivity contribution in [1.29, 1.82) is 0 Å². The molecule has 2 rings (SSSR count). The molecule has 2 aromatic carbocycles. The van der Waals surface area contributed by atoms with Crippen molar-refractivity contribution in [3.8, 4) is 0 Å². The highest BCUT2D eigenvalue weighted by molar-refractivity contribution is 7.92. The molecular weight excluding hydrogens is 545 g/mol. The number of benzene rings is 2. The summed E-state index contributed by atoms with van der Waals surface area (Å²) >= 11 is 19.0. The van der Waals surface area contributed by atoms with E-state index in [1.807, 2.05) is 6.92 Å². The fraction of sp³-hybridized carbons (Fsp3) is 0.440. The third kappa shape index (κ3) is 7.75. The number of amides is 2. The van der Waals surface area contributed by atoms with Gasteiger partial charge in [-0.2, -0.15) is 0 Å². The summed E-state index contributed by atoms with van der Waals surface area (Å²) in [5, 5.41) is 3.92. The van der Waals surface area contributed by atoms with Crippen LogP contribution in [0.4, 0.5) is 5.69 Å². The Hall–Kier alpha value is -2.00. The molecule has 0 saturated heterocycles. The Morgan fingerprint density at radius 3 is 2.14 bits per heavy atom. The van der Waals surface area contributed by atoms with Crippen LogP contribution in [0.2, 0.25) is 15.1 Å². The number of anilines is 1. The minimum absolute atomic E-state index is 0.0663.